The third-order valence-corrected chi connectivity index (χ3v) is 5.06. The number of nitrogens with one attached hydrogen (secondary N) is 1. The van der Waals surface area contributed by atoms with E-state index in [4.69, 9.17) is 23.2 Å². The molecule has 0 spiro atoms. The Bertz CT molecular complexity index is 789. The molecule has 2 N–H and O–H groups in total. The summed E-state index contributed by atoms with van der Waals surface area (Å²) in [4.78, 5) is 11.3. The smallest absolute Gasteiger partial charge is 0.322 e. The zero-order valence-corrected chi connectivity index (χ0v) is 14.1. The highest BCUT2D eigenvalue weighted by molar-refractivity contribution is 7.89. The van der Waals surface area contributed by atoms with E-state index in [1.54, 1.807) is 24.3 Å². The molecular weight excluding hydrogens is 361 g/mol. The normalized spacial score (nSPS) is 12.8. The lowest BCUT2D eigenvalue weighted by molar-refractivity contribution is -0.138. The summed E-state index contributed by atoms with van der Waals surface area (Å²) < 4.78 is 26.7. The number of rotatable bonds is 6. The van der Waals surface area contributed by atoms with E-state index < -0.39 is 22.0 Å². The van der Waals surface area contributed by atoms with E-state index in [0.29, 0.717) is 15.6 Å². The van der Waals surface area contributed by atoms with Crippen LogP contribution in [0.5, 0.6) is 0 Å². The van der Waals surface area contributed by atoms with Gasteiger partial charge in [0, 0.05) is 10.0 Å². The van der Waals surface area contributed by atoms with Gasteiger partial charge in [0.05, 0.1) is 4.90 Å². The molecule has 0 amide bonds. The lowest BCUT2D eigenvalue weighted by Crippen LogP contribution is -2.42. The molecule has 0 aliphatic heterocycles. The summed E-state index contributed by atoms with van der Waals surface area (Å²) in [6.07, 6.45) is -0.000673. The summed E-state index contributed by atoms with van der Waals surface area (Å²) in [5.41, 5.74) is 0.653. The fourth-order valence-electron chi connectivity index (χ4n) is 1.90. The Morgan fingerprint density at radius 2 is 1.48 bits per heavy atom. The van der Waals surface area contributed by atoms with Gasteiger partial charge in [0.1, 0.15) is 6.04 Å². The molecule has 2 rings (SSSR count). The van der Waals surface area contributed by atoms with E-state index in [-0.39, 0.29) is 11.3 Å². The summed E-state index contributed by atoms with van der Waals surface area (Å²) in [7, 11) is -3.97. The van der Waals surface area contributed by atoms with Crippen LogP contribution >= 0.6 is 23.2 Å². The van der Waals surface area contributed by atoms with Crippen LogP contribution in [0.15, 0.2) is 53.4 Å². The molecular formula is C15H13Cl2NO4S. The maximum absolute atomic E-state index is 12.3. The van der Waals surface area contributed by atoms with E-state index >= 15 is 0 Å². The maximum atomic E-state index is 12.3. The van der Waals surface area contributed by atoms with Crippen molar-refractivity contribution < 1.29 is 18.3 Å². The predicted molar refractivity (Wildman–Crippen MR) is 88.4 cm³/mol. The molecule has 0 heterocycles. The number of sulfonamides is 1. The number of aliphatic carboxylic acids is 1. The molecule has 0 bridgehead atoms. The van der Waals surface area contributed by atoms with Crippen LogP contribution in [-0.2, 0) is 21.2 Å². The molecule has 0 aromatic heterocycles. The zero-order chi connectivity index (χ0) is 17.0. The summed E-state index contributed by atoms with van der Waals surface area (Å²) in [6.45, 7) is 0. The van der Waals surface area contributed by atoms with Crippen molar-refractivity contribution in [3.8, 4) is 0 Å². The Morgan fingerprint density at radius 3 is 1.96 bits per heavy atom. The van der Waals surface area contributed by atoms with Crippen LogP contribution in [0.25, 0.3) is 0 Å². The molecule has 122 valence electrons. The first-order valence-electron chi connectivity index (χ1n) is 6.53. The van der Waals surface area contributed by atoms with Crippen LogP contribution in [0, 0.1) is 0 Å². The number of benzene rings is 2. The molecule has 23 heavy (non-hydrogen) atoms. The van der Waals surface area contributed by atoms with Crippen LogP contribution < -0.4 is 4.72 Å². The van der Waals surface area contributed by atoms with Gasteiger partial charge < -0.3 is 5.11 Å². The summed E-state index contributed by atoms with van der Waals surface area (Å²) in [5.74, 6) is -1.27. The first-order valence-corrected chi connectivity index (χ1v) is 8.77. The highest BCUT2D eigenvalue weighted by Gasteiger charge is 2.25. The molecule has 5 nitrogen and oxygen atoms in total. The summed E-state index contributed by atoms with van der Waals surface area (Å²) >= 11 is 11.5. The van der Waals surface area contributed by atoms with Gasteiger partial charge in [-0.2, -0.15) is 4.72 Å². The third-order valence-electron chi connectivity index (χ3n) is 3.07. The lowest BCUT2D eigenvalue weighted by Gasteiger charge is -2.15. The van der Waals surface area contributed by atoms with Gasteiger partial charge in [-0.15, -0.1) is 0 Å². The highest BCUT2D eigenvalue weighted by Crippen LogP contribution is 2.16. The molecule has 0 saturated heterocycles. The summed E-state index contributed by atoms with van der Waals surface area (Å²) in [5, 5.41) is 10.2. The van der Waals surface area contributed by atoms with E-state index in [0.717, 1.165) is 0 Å². The Kier molecular flexibility index (Phi) is 5.64. The Balaban J connectivity index is 2.20. The fraction of sp³-hybridized carbons (Fsp3) is 0.133. The molecule has 0 radical (unpaired) electrons. The predicted octanol–water partition coefficient (Wildman–Crippen LogP) is 2.97. The minimum atomic E-state index is -3.97. The Hall–Kier alpha value is -1.60. The van der Waals surface area contributed by atoms with Gasteiger partial charge >= 0.3 is 5.97 Å². The number of carboxylic acids is 1. The van der Waals surface area contributed by atoms with Crippen LogP contribution in [0.2, 0.25) is 10.0 Å². The Morgan fingerprint density at radius 1 is 1.00 bits per heavy atom. The van der Waals surface area contributed by atoms with Crippen molar-refractivity contribution in [2.24, 2.45) is 0 Å². The van der Waals surface area contributed by atoms with E-state index in [9.17, 15) is 18.3 Å². The van der Waals surface area contributed by atoms with Crippen LogP contribution in [0.1, 0.15) is 5.56 Å². The second-order valence-electron chi connectivity index (χ2n) is 4.80. The van der Waals surface area contributed by atoms with Gasteiger partial charge in [-0.05, 0) is 48.4 Å². The van der Waals surface area contributed by atoms with Gasteiger partial charge in [0.25, 0.3) is 0 Å². The fourth-order valence-corrected chi connectivity index (χ4v) is 3.35. The molecule has 0 saturated carbocycles. The van der Waals surface area contributed by atoms with Gasteiger partial charge in [0.2, 0.25) is 10.0 Å². The van der Waals surface area contributed by atoms with E-state index in [1.807, 2.05) is 0 Å². The molecule has 2 aromatic carbocycles. The van der Waals surface area contributed by atoms with Crippen molar-refractivity contribution in [2.45, 2.75) is 17.4 Å². The first-order chi connectivity index (χ1) is 10.8. The third kappa shape index (κ3) is 4.94. The SMILES string of the molecule is O=C(O)[C@@H](Cc1ccc(Cl)cc1)NS(=O)(=O)c1ccc(Cl)cc1. The molecule has 0 unspecified atom stereocenters. The van der Waals surface area contributed by atoms with Crippen LogP contribution in [0.3, 0.4) is 0 Å². The monoisotopic (exact) mass is 373 g/mol. The average Bonchev–Trinajstić information content (AvgIpc) is 2.49. The molecule has 2 aromatic rings. The molecule has 0 aliphatic rings. The van der Waals surface area contributed by atoms with Crippen molar-refractivity contribution in [3.63, 3.8) is 0 Å². The molecule has 1 atom stereocenters. The molecule has 0 aliphatic carbocycles. The van der Waals surface area contributed by atoms with E-state index in [1.165, 1.54) is 24.3 Å². The average molecular weight is 374 g/mol. The number of carbonyl (C=O) groups is 1. The van der Waals surface area contributed by atoms with Crippen molar-refractivity contribution >= 4 is 39.2 Å². The number of hydrogen-bond acceptors (Lipinski definition) is 3. The largest absolute Gasteiger partial charge is 0.480 e. The minimum absolute atomic E-state index is 0.000673. The van der Waals surface area contributed by atoms with Crippen LogP contribution in [0.4, 0.5) is 0 Å². The van der Waals surface area contributed by atoms with Gasteiger partial charge in [-0.25, -0.2) is 8.42 Å². The molecule has 0 fully saturated rings. The zero-order valence-electron chi connectivity index (χ0n) is 11.7. The lowest BCUT2D eigenvalue weighted by atomic mass is 10.1. The van der Waals surface area contributed by atoms with Crippen molar-refractivity contribution in [3.05, 3.63) is 64.1 Å². The van der Waals surface area contributed by atoms with Crippen molar-refractivity contribution in [1.29, 1.82) is 0 Å². The highest BCUT2D eigenvalue weighted by atomic mass is 35.5. The maximum Gasteiger partial charge on any atom is 0.322 e. The topological polar surface area (TPSA) is 83.5 Å². The molecule has 8 heteroatoms. The minimum Gasteiger partial charge on any atom is -0.480 e. The first kappa shape index (κ1) is 17.7. The summed E-state index contributed by atoms with van der Waals surface area (Å²) in [6, 6.07) is 10.7. The number of carboxylic acid groups (broad SMARTS) is 1. The van der Waals surface area contributed by atoms with Gasteiger partial charge in [0.15, 0.2) is 0 Å². The number of hydrogen-bond donors (Lipinski definition) is 2. The quantitative estimate of drug-likeness (QED) is 0.814. The van der Waals surface area contributed by atoms with E-state index in [2.05, 4.69) is 4.72 Å². The second kappa shape index (κ2) is 7.31. The van der Waals surface area contributed by atoms with Crippen molar-refractivity contribution in [2.75, 3.05) is 0 Å². The number of halogens is 2. The van der Waals surface area contributed by atoms with Gasteiger partial charge in [-0.3, -0.25) is 4.79 Å². The van der Waals surface area contributed by atoms with Crippen molar-refractivity contribution in [1.82, 2.24) is 4.72 Å². The second-order valence-corrected chi connectivity index (χ2v) is 7.38. The standard InChI is InChI=1S/C15H13Cl2NO4S/c16-11-3-1-10(2-4-11)9-14(15(19)20)18-23(21,22)13-7-5-12(17)6-8-13/h1-8,14,18H,9H2,(H,19,20)/t14-/m1/s1. The van der Waals surface area contributed by atoms with Crippen LogP contribution in [-0.4, -0.2) is 25.5 Å². The van der Waals surface area contributed by atoms with Gasteiger partial charge in [-0.1, -0.05) is 35.3 Å². The Labute approximate surface area is 143 Å².